The Morgan fingerprint density at radius 2 is 2.17 bits per heavy atom. The molecule has 0 spiro atoms. The summed E-state index contributed by atoms with van der Waals surface area (Å²) in [6.07, 6.45) is 8.21. The average molecular weight is 322 g/mol. The molecule has 1 aliphatic carbocycles. The SMILES string of the molecule is O=C(NC1CCc2cc(F)ccc21)c1ccnc(-n2ccnc2)c1. The molecule has 1 atom stereocenters. The maximum Gasteiger partial charge on any atom is 0.251 e. The van der Waals surface area contributed by atoms with Gasteiger partial charge >= 0.3 is 0 Å². The van der Waals surface area contributed by atoms with Crippen molar-refractivity contribution in [3.63, 3.8) is 0 Å². The van der Waals surface area contributed by atoms with Crippen molar-refractivity contribution in [1.29, 1.82) is 0 Å². The lowest BCUT2D eigenvalue weighted by atomic mass is 10.1. The van der Waals surface area contributed by atoms with E-state index in [0.717, 1.165) is 24.0 Å². The second-order valence-electron chi connectivity index (χ2n) is 5.78. The van der Waals surface area contributed by atoms with Gasteiger partial charge < -0.3 is 5.32 Å². The number of nitrogens with zero attached hydrogens (tertiary/aromatic N) is 3. The van der Waals surface area contributed by atoms with Crippen LogP contribution in [0.3, 0.4) is 0 Å². The van der Waals surface area contributed by atoms with Crippen molar-refractivity contribution in [2.75, 3.05) is 0 Å². The summed E-state index contributed by atoms with van der Waals surface area (Å²) < 4.78 is 15.0. The minimum absolute atomic E-state index is 0.0852. The molecular formula is C18H15FN4O. The Kier molecular flexibility index (Phi) is 3.57. The fourth-order valence-corrected chi connectivity index (χ4v) is 3.07. The molecule has 1 N–H and O–H groups in total. The van der Waals surface area contributed by atoms with Gasteiger partial charge in [-0.3, -0.25) is 9.36 Å². The second-order valence-corrected chi connectivity index (χ2v) is 5.78. The van der Waals surface area contributed by atoms with Gasteiger partial charge in [0.15, 0.2) is 0 Å². The number of fused-ring (bicyclic) bond motifs is 1. The lowest BCUT2D eigenvalue weighted by Crippen LogP contribution is -2.27. The number of amides is 1. The quantitative estimate of drug-likeness (QED) is 0.806. The number of halogens is 1. The molecule has 2 heterocycles. The first kappa shape index (κ1) is 14.6. The predicted molar refractivity (Wildman–Crippen MR) is 86.3 cm³/mol. The Hall–Kier alpha value is -3.02. The molecule has 1 aliphatic rings. The number of aryl methyl sites for hydroxylation is 1. The highest BCUT2D eigenvalue weighted by atomic mass is 19.1. The number of nitrogens with one attached hydrogen (secondary N) is 1. The lowest BCUT2D eigenvalue weighted by Gasteiger charge is -2.14. The van der Waals surface area contributed by atoms with E-state index in [0.29, 0.717) is 11.4 Å². The number of hydrogen-bond acceptors (Lipinski definition) is 3. The van der Waals surface area contributed by atoms with Crippen molar-refractivity contribution >= 4 is 5.91 Å². The molecule has 0 fully saturated rings. The van der Waals surface area contributed by atoms with Crippen LogP contribution < -0.4 is 5.32 Å². The van der Waals surface area contributed by atoms with Gasteiger partial charge in [-0.1, -0.05) is 6.07 Å². The van der Waals surface area contributed by atoms with Crippen molar-refractivity contribution in [2.45, 2.75) is 18.9 Å². The van der Waals surface area contributed by atoms with Crippen LogP contribution in [0.4, 0.5) is 4.39 Å². The van der Waals surface area contributed by atoms with E-state index in [1.54, 1.807) is 53.8 Å². The van der Waals surface area contributed by atoms with Gasteiger partial charge in [0.05, 0.1) is 6.04 Å². The van der Waals surface area contributed by atoms with Gasteiger partial charge in [-0.15, -0.1) is 0 Å². The summed E-state index contributed by atoms with van der Waals surface area (Å²) in [4.78, 5) is 20.8. The lowest BCUT2D eigenvalue weighted by molar-refractivity contribution is 0.0936. The predicted octanol–water partition coefficient (Wildman–Crippen LogP) is 2.82. The van der Waals surface area contributed by atoms with E-state index in [1.807, 2.05) is 0 Å². The Morgan fingerprint density at radius 3 is 3.00 bits per heavy atom. The minimum atomic E-state index is -0.236. The molecule has 0 saturated carbocycles. The summed E-state index contributed by atoms with van der Waals surface area (Å²) in [6, 6.07) is 8.05. The standard InChI is InChI=1S/C18H15FN4O/c19-14-2-3-15-12(9-14)1-4-16(15)22-18(24)13-5-6-21-17(10-13)23-8-7-20-11-23/h2-3,5-11,16H,1,4H2,(H,22,24). The molecule has 0 radical (unpaired) electrons. The highest BCUT2D eigenvalue weighted by Crippen LogP contribution is 2.31. The Bertz CT molecular complexity index is 892. The summed E-state index contributed by atoms with van der Waals surface area (Å²) in [5.74, 6) is 0.231. The molecule has 4 rings (SSSR count). The molecule has 6 heteroatoms. The summed E-state index contributed by atoms with van der Waals surface area (Å²) in [5.41, 5.74) is 2.49. The summed E-state index contributed by atoms with van der Waals surface area (Å²) in [7, 11) is 0. The monoisotopic (exact) mass is 322 g/mol. The molecular weight excluding hydrogens is 307 g/mol. The summed E-state index contributed by atoms with van der Waals surface area (Å²) in [6.45, 7) is 0. The van der Waals surface area contributed by atoms with E-state index in [2.05, 4.69) is 15.3 Å². The molecule has 0 bridgehead atoms. The van der Waals surface area contributed by atoms with Crippen molar-refractivity contribution in [3.8, 4) is 5.82 Å². The topological polar surface area (TPSA) is 59.8 Å². The normalized spacial score (nSPS) is 16.0. The van der Waals surface area contributed by atoms with E-state index in [1.165, 1.54) is 6.07 Å². The Labute approximate surface area is 138 Å². The van der Waals surface area contributed by atoms with Crippen molar-refractivity contribution in [3.05, 3.63) is 77.8 Å². The molecule has 24 heavy (non-hydrogen) atoms. The second kappa shape index (κ2) is 5.88. The number of hydrogen-bond donors (Lipinski definition) is 1. The van der Waals surface area contributed by atoms with E-state index in [9.17, 15) is 9.18 Å². The number of rotatable bonds is 3. The first-order valence-electron chi connectivity index (χ1n) is 7.74. The largest absolute Gasteiger partial charge is 0.345 e. The van der Waals surface area contributed by atoms with Crippen LogP contribution in [0, 0.1) is 5.82 Å². The van der Waals surface area contributed by atoms with Gasteiger partial charge in [0.25, 0.3) is 5.91 Å². The van der Waals surface area contributed by atoms with Crippen LogP contribution in [0.1, 0.15) is 33.9 Å². The highest BCUT2D eigenvalue weighted by Gasteiger charge is 2.24. The number of carbonyl (C=O) groups excluding carboxylic acids is 1. The first-order valence-corrected chi connectivity index (χ1v) is 7.74. The zero-order valence-corrected chi connectivity index (χ0v) is 12.8. The average Bonchev–Trinajstić information content (AvgIpc) is 3.25. The van der Waals surface area contributed by atoms with Crippen LogP contribution in [0.15, 0.2) is 55.2 Å². The number of carbonyl (C=O) groups is 1. The van der Waals surface area contributed by atoms with E-state index >= 15 is 0 Å². The van der Waals surface area contributed by atoms with E-state index in [4.69, 9.17) is 0 Å². The van der Waals surface area contributed by atoms with Crippen LogP contribution in [0.5, 0.6) is 0 Å². The smallest absolute Gasteiger partial charge is 0.251 e. The number of aromatic nitrogens is 3. The molecule has 3 aromatic rings. The van der Waals surface area contributed by atoms with Crippen LogP contribution in [0.2, 0.25) is 0 Å². The number of benzene rings is 1. The van der Waals surface area contributed by atoms with E-state index in [-0.39, 0.29) is 17.8 Å². The Morgan fingerprint density at radius 1 is 1.25 bits per heavy atom. The maximum absolute atomic E-state index is 13.3. The van der Waals surface area contributed by atoms with Gasteiger partial charge in [0.2, 0.25) is 0 Å². The van der Waals surface area contributed by atoms with Crippen molar-refractivity contribution in [1.82, 2.24) is 19.9 Å². The molecule has 0 saturated heterocycles. The van der Waals surface area contributed by atoms with Gasteiger partial charge in [0, 0.05) is 24.2 Å². The van der Waals surface area contributed by atoms with Crippen LogP contribution in [-0.4, -0.2) is 20.4 Å². The third-order valence-electron chi connectivity index (χ3n) is 4.26. The first-order chi connectivity index (χ1) is 11.7. The Balaban J connectivity index is 1.55. The fourth-order valence-electron chi connectivity index (χ4n) is 3.07. The summed E-state index contributed by atoms with van der Waals surface area (Å²) in [5, 5.41) is 3.03. The van der Waals surface area contributed by atoms with Gasteiger partial charge in [-0.25, -0.2) is 14.4 Å². The molecule has 2 aromatic heterocycles. The summed E-state index contributed by atoms with van der Waals surface area (Å²) >= 11 is 0. The molecule has 120 valence electrons. The third-order valence-corrected chi connectivity index (χ3v) is 4.26. The van der Waals surface area contributed by atoms with Crippen molar-refractivity contribution in [2.24, 2.45) is 0 Å². The van der Waals surface area contributed by atoms with Crippen LogP contribution in [0.25, 0.3) is 5.82 Å². The molecule has 1 unspecified atom stereocenters. The zero-order chi connectivity index (χ0) is 16.5. The minimum Gasteiger partial charge on any atom is -0.345 e. The maximum atomic E-state index is 13.3. The molecule has 5 nitrogen and oxygen atoms in total. The number of pyridine rings is 1. The fraction of sp³-hybridized carbons (Fsp3) is 0.167. The molecule has 1 aromatic carbocycles. The molecule has 0 aliphatic heterocycles. The van der Waals surface area contributed by atoms with Gasteiger partial charge in [0.1, 0.15) is 18.0 Å². The van der Waals surface area contributed by atoms with Crippen LogP contribution in [-0.2, 0) is 6.42 Å². The number of imidazole rings is 1. The van der Waals surface area contributed by atoms with Crippen molar-refractivity contribution < 1.29 is 9.18 Å². The van der Waals surface area contributed by atoms with E-state index < -0.39 is 0 Å². The molecule has 1 amide bonds. The third kappa shape index (κ3) is 2.67. The zero-order valence-electron chi connectivity index (χ0n) is 12.8. The van der Waals surface area contributed by atoms with Crippen LogP contribution >= 0.6 is 0 Å². The van der Waals surface area contributed by atoms with Gasteiger partial charge in [-0.2, -0.15) is 0 Å². The van der Waals surface area contributed by atoms with Gasteiger partial charge in [-0.05, 0) is 48.2 Å². The highest BCUT2D eigenvalue weighted by molar-refractivity contribution is 5.94.